The molecule has 0 aliphatic rings. The Morgan fingerprint density at radius 3 is 0.852 bits per heavy atom. The minimum atomic E-state index is -3.76. The Bertz CT molecular complexity index is 868. The van der Waals surface area contributed by atoms with Crippen molar-refractivity contribution < 1.29 is 23.6 Å². The van der Waals surface area contributed by atoms with Crippen LogP contribution in [0.1, 0.15) is 292 Å². The number of hydrogen-bond acceptors (Lipinski definition) is 7. The zero-order valence-electron chi connectivity index (χ0n) is 42.1. The molecule has 9 heteroatoms. The molecule has 0 spiro atoms. The average Bonchev–Trinajstić information content (AvgIpc) is 3.24. The van der Waals surface area contributed by atoms with Gasteiger partial charge in [0.1, 0.15) is 0 Å². The Morgan fingerprint density at radius 1 is 0.328 bits per heavy atom. The number of thiol groups is 1. The predicted octanol–water partition coefficient (Wildman–Crippen LogP) is 17.7. The van der Waals surface area contributed by atoms with E-state index in [1.165, 1.54) is 176 Å². The number of unbranched alkanes of at least 4 members (excludes halogenated alkanes) is 28. The van der Waals surface area contributed by atoms with Crippen molar-refractivity contribution in [3.8, 4) is 0 Å². The molecular weight excluding hydrogens is 990 g/mol. The normalized spacial score (nSPS) is 11.1. The Morgan fingerprint density at radius 2 is 0.574 bits per heavy atom. The van der Waals surface area contributed by atoms with Gasteiger partial charge in [-0.3, -0.25) is 0 Å². The first-order chi connectivity index (χ1) is 29.3. The molecule has 0 aromatic rings. The van der Waals surface area contributed by atoms with Gasteiger partial charge >= 0.3 is 370 Å². The molecule has 0 saturated carbocycles. The summed E-state index contributed by atoms with van der Waals surface area (Å²) in [5.74, 6) is -0.0989. The molecule has 0 saturated heterocycles. The number of carbonyl (C=O) groups is 3. The van der Waals surface area contributed by atoms with Crippen molar-refractivity contribution in [3.63, 3.8) is 0 Å². The molecule has 0 atom stereocenters. The molecule has 0 aliphatic heterocycles. The van der Waals surface area contributed by atoms with E-state index in [9.17, 15) is 14.4 Å². The van der Waals surface area contributed by atoms with Gasteiger partial charge in [-0.15, -0.1) is 0 Å². The first-order valence-corrected chi connectivity index (χ1v) is 38.3. The molecule has 0 amide bonds. The third kappa shape index (κ3) is 48.1. The third-order valence-electron chi connectivity index (χ3n) is 11.8. The van der Waals surface area contributed by atoms with Crippen LogP contribution in [-0.4, -0.2) is 57.3 Å². The van der Waals surface area contributed by atoms with E-state index in [0.29, 0.717) is 19.3 Å². The Hall–Kier alpha value is 0.357. The van der Waals surface area contributed by atoms with Crippen LogP contribution < -0.4 is 0 Å². The monoisotopic (exact) mass is 1100 g/mol. The van der Waals surface area contributed by atoms with Crippen LogP contribution in [0.4, 0.5) is 0 Å². The minimum Gasteiger partial charge on any atom is -0.813 e. The van der Waals surface area contributed by atoms with Crippen LogP contribution in [-0.2, 0) is 37.1 Å². The van der Waals surface area contributed by atoms with Gasteiger partial charge in [0.15, 0.2) is 0 Å². The summed E-state index contributed by atoms with van der Waals surface area (Å²) in [5, 5.41) is 0. The molecule has 0 aromatic heterocycles. The van der Waals surface area contributed by atoms with E-state index in [-0.39, 0.29) is 31.4 Å². The average molecular weight is 1100 g/mol. The molecule has 0 radical (unpaired) electrons. The van der Waals surface area contributed by atoms with Crippen LogP contribution in [0.3, 0.4) is 0 Å². The number of carbonyl (C=O) groups excluding carboxylic acids is 3. The van der Waals surface area contributed by atoms with Crippen LogP contribution >= 0.6 is 0 Å². The zero-order chi connectivity index (χ0) is 44.6. The predicted molar refractivity (Wildman–Crippen MR) is 273 cm³/mol. The first kappa shape index (κ1) is 65.6. The molecule has 0 fully saturated rings. The van der Waals surface area contributed by atoms with Crippen LogP contribution in [0.5, 0.6) is 0 Å². The fourth-order valence-electron chi connectivity index (χ4n) is 7.69. The summed E-state index contributed by atoms with van der Waals surface area (Å²) in [6.45, 7) is 15.5. The van der Waals surface area contributed by atoms with Gasteiger partial charge in [-0.1, -0.05) is 20.8 Å². The van der Waals surface area contributed by atoms with Gasteiger partial charge in [0.25, 0.3) is 0 Å². The summed E-state index contributed by atoms with van der Waals surface area (Å²) in [5.41, 5.74) is 0. The molecule has 6 nitrogen and oxygen atoms in total. The van der Waals surface area contributed by atoms with E-state index in [1.807, 2.05) is 0 Å². The van der Waals surface area contributed by atoms with E-state index in [4.69, 9.17) is 9.22 Å². The van der Waals surface area contributed by atoms with Crippen molar-refractivity contribution in [2.75, 3.05) is 0 Å². The maximum absolute atomic E-state index is 12.8. The second-order valence-corrected chi connectivity index (χ2v) is 33.8. The van der Waals surface area contributed by atoms with E-state index in [1.54, 1.807) is 0 Å². The quantitative estimate of drug-likeness (QED) is 0.0260. The van der Waals surface area contributed by atoms with Gasteiger partial charge < -0.3 is 13.5 Å². The van der Waals surface area contributed by atoms with Gasteiger partial charge in [-0.2, -0.15) is 0 Å². The fourth-order valence-corrected chi connectivity index (χ4v) is 24.5. The smallest absolute Gasteiger partial charge is 0.813 e. The third-order valence-corrected chi connectivity index (χ3v) is 28.2. The van der Waals surface area contributed by atoms with Crippen molar-refractivity contribution in [1.29, 1.82) is 0 Å². The Balaban J connectivity index is -0.00000121. The molecule has 0 rings (SSSR count). The maximum atomic E-state index is 12.8. The van der Waals surface area contributed by atoms with Gasteiger partial charge in [-0.05, 0) is 0 Å². The van der Waals surface area contributed by atoms with Crippen LogP contribution in [0.2, 0.25) is 17.7 Å². The second kappa shape index (κ2) is 53.0. The van der Waals surface area contributed by atoms with Gasteiger partial charge in [0.05, 0.1) is 0 Å². The molecule has 0 unspecified atom stereocenters. The van der Waals surface area contributed by atoms with E-state index in [2.05, 4.69) is 48.5 Å². The minimum absolute atomic E-state index is 0. The first-order valence-electron chi connectivity index (χ1n) is 26.8. The summed E-state index contributed by atoms with van der Waals surface area (Å²) in [4.78, 5) is 37.7. The summed E-state index contributed by atoms with van der Waals surface area (Å²) in [6, 6.07) is 0. The summed E-state index contributed by atoms with van der Waals surface area (Å²) >= 11 is -5.61. The summed E-state index contributed by atoms with van der Waals surface area (Å²) < 4.78 is 22.4. The molecular formula is C52H106O6SSn2. The molecule has 61 heavy (non-hydrogen) atoms. The summed E-state index contributed by atoms with van der Waals surface area (Å²) in [6.07, 6.45) is 44.5. The summed E-state index contributed by atoms with van der Waals surface area (Å²) in [7, 11) is 0. The van der Waals surface area contributed by atoms with Crippen molar-refractivity contribution in [3.05, 3.63) is 0 Å². The van der Waals surface area contributed by atoms with Gasteiger partial charge in [0.2, 0.25) is 0 Å². The molecule has 0 bridgehead atoms. The van der Waals surface area contributed by atoms with Crippen molar-refractivity contribution >= 4 is 70.8 Å². The number of rotatable bonds is 45. The van der Waals surface area contributed by atoms with Crippen LogP contribution in [0.25, 0.3) is 0 Å². The molecule has 0 aromatic carbocycles. The molecule has 0 aliphatic carbocycles. The molecule has 0 heterocycles. The van der Waals surface area contributed by atoms with Gasteiger partial charge in [-0.25, -0.2) is 0 Å². The second-order valence-electron chi connectivity index (χ2n) is 18.0. The van der Waals surface area contributed by atoms with Gasteiger partial charge in [0, 0.05) is 0 Å². The van der Waals surface area contributed by atoms with Crippen LogP contribution in [0, 0.1) is 0 Å². The Labute approximate surface area is 401 Å². The van der Waals surface area contributed by atoms with Crippen molar-refractivity contribution in [2.45, 2.75) is 310 Å². The number of hydrogen-bond donors (Lipinski definition) is 0. The van der Waals surface area contributed by atoms with Crippen molar-refractivity contribution in [1.82, 2.24) is 0 Å². The zero-order valence-corrected chi connectivity index (χ0v) is 48.7. The van der Waals surface area contributed by atoms with Crippen molar-refractivity contribution in [2.24, 2.45) is 0 Å². The Kier molecular flexibility index (Phi) is 57.0. The standard InChI is InChI=1S/3C12H24O2.4C4H9.H2S.2Sn/c3*1-2-3-4-5-6-7-8-9-10-11-12(13)14;4*1-3-4-2;;;/h3*2-11H2,1H3,(H,13,14);4*1,3-4H2,2H3;1H2;;/q;;;;;;;;2*+2/p-4. The van der Waals surface area contributed by atoms with E-state index >= 15 is 0 Å². The SMILES string of the molecule is CCCCCCCCCCCC(=O)[O][Sn+]([CH2]CCC)[CH2]CCC.CCCCCCCCCCCC(=O)[O][Sn]([CH2]CCC)([CH2]CCC)[O]C(=O)CCCCCCCCCCC.[SH-]. The molecule has 0 N–H and O–H groups in total. The molecule has 364 valence electrons. The van der Waals surface area contributed by atoms with Crippen LogP contribution in [0.15, 0.2) is 0 Å². The fraction of sp³-hybridized carbons (Fsp3) is 0.942. The van der Waals surface area contributed by atoms with E-state index < -0.39 is 39.4 Å². The topological polar surface area (TPSA) is 78.9 Å². The van der Waals surface area contributed by atoms with E-state index in [0.717, 1.165) is 66.7 Å².